The van der Waals surface area contributed by atoms with Crippen molar-refractivity contribution in [1.29, 1.82) is 0 Å². The molecule has 0 aromatic rings. The van der Waals surface area contributed by atoms with Gasteiger partial charge in [0.2, 0.25) is 0 Å². The molecule has 0 saturated carbocycles. The second kappa shape index (κ2) is 6.88. The van der Waals surface area contributed by atoms with E-state index < -0.39 is 36.0 Å². The van der Waals surface area contributed by atoms with Gasteiger partial charge in [0.25, 0.3) is 0 Å². The van der Waals surface area contributed by atoms with Crippen LogP contribution in [0.15, 0.2) is 0 Å². The van der Waals surface area contributed by atoms with Gasteiger partial charge in [-0.15, -0.1) is 0 Å². The first-order chi connectivity index (χ1) is 7.79. The minimum absolute atomic E-state index is 0.513. The lowest BCUT2D eigenvalue weighted by molar-refractivity contribution is -0.168. The van der Waals surface area contributed by atoms with Crippen LogP contribution < -0.4 is 0 Å². The molecule has 0 aliphatic heterocycles. The minimum Gasteiger partial charge on any atom is -0.469 e. The standard InChI is InChI=1S/C11H18O6/c1-6(16-8(3)12)10(11(14)15-5)7(2)17-9(4)13/h6-7,10H,1-5H3/t6-,7+,10?. The van der Waals surface area contributed by atoms with E-state index in [4.69, 9.17) is 9.47 Å². The maximum atomic E-state index is 11.6. The summed E-state index contributed by atoms with van der Waals surface area (Å²) in [6.07, 6.45) is -1.46. The molecular weight excluding hydrogens is 228 g/mol. The van der Waals surface area contributed by atoms with Gasteiger partial charge in [0.15, 0.2) is 0 Å². The lowest BCUT2D eigenvalue weighted by Crippen LogP contribution is -2.40. The van der Waals surface area contributed by atoms with E-state index in [2.05, 4.69) is 4.74 Å². The van der Waals surface area contributed by atoms with Crippen LogP contribution in [-0.4, -0.2) is 37.2 Å². The van der Waals surface area contributed by atoms with E-state index in [0.717, 1.165) is 0 Å². The Morgan fingerprint density at radius 3 is 1.47 bits per heavy atom. The van der Waals surface area contributed by atoms with Crippen molar-refractivity contribution < 1.29 is 28.6 Å². The lowest BCUT2D eigenvalue weighted by Gasteiger charge is -2.26. The zero-order valence-electron chi connectivity index (χ0n) is 10.7. The number of ether oxygens (including phenoxy) is 3. The van der Waals surface area contributed by atoms with Crippen molar-refractivity contribution in [2.45, 2.75) is 39.9 Å². The van der Waals surface area contributed by atoms with Gasteiger partial charge < -0.3 is 14.2 Å². The monoisotopic (exact) mass is 246 g/mol. The van der Waals surface area contributed by atoms with Gasteiger partial charge in [0.1, 0.15) is 18.1 Å². The first-order valence-corrected chi connectivity index (χ1v) is 5.21. The Bertz CT molecular complexity index is 276. The van der Waals surface area contributed by atoms with Crippen LogP contribution in [0.5, 0.6) is 0 Å². The predicted octanol–water partition coefficient (Wildman–Crippen LogP) is 0.679. The molecule has 0 aromatic heterocycles. The van der Waals surface area contributed by atoms with Crippen molar-refractivity contribution in [2.24, 2.45) is 5.92 Å². The van der Waals surface area contributed by atoms with E-state index in [1.54, 1.807) is 13.8 Å². The van der Waals surface area contributed by atoms with Gasteiger partial charge in [0, 0.05) is 13.8 Å². The molecule has 0 fully saturated rings. The molecular formula is C11H18O6. The number of rotatable bonds is 5. The van der Waals surface area contributed by atoms with Crippen LogP contribution in [0.4, 0.5) is 0 Å². The molecule has 0 N–H and O–H groups in total. The molecule has 1 unspecified atom stereocenters. The third-order valence-corrected chi connectivity index (χ3v) is 2.19. The fourth-order valence-electron chi connectivity index (χ4n) is 1.57. The van der Waals surface area contributed by atoms with Gasteiger partial charge in [0.05, 0.1) is 7.11 Å². The Morgan fingerprint density at radius 2 is 1.24 bits per heavy atom. The zero-order chi connectivity index (χ0) is 13.6. The van der Waals surface area contributed by atoms with Crippen LogP contribution in [0.1, 0.15) is 27.7 Å². The third kappa shape index (κ3) is 5.33. The summed E-state index contributed by atoms with van der Waals surface area (Å²) >= 11 is 0. The molecule has 98 valence electrons. The number of carbonyl (C=O) groups excluding carboxylic acids is 3. The Hall–Kier alpha value is -1.59. The van der Waals surface area contributed by atoms with E-state index in [9.17, 15) is 14.4 Å². The second-order valence-corrected chi connectivity index (χ2v) is 3.68. The molecule has 0 radical (unpaired) electrons. The van der Waals surface area contributed by atoms with Gasteiger partial charge in [-0.2, -0.15) is 0 Å². The molecule has 17 heavy (non-hydrogen) atoms. The van der Waals surface area contributed by atoms with E-state index in [-0.39, 0.29) is 0 Å². The lowest BCUT2D eigenvalue weighted by atomic mass is 9.98. The number of carbonyl (C=O) groups is 3. The summed E-state index contributed by atoms with van der Waals surface area (Å²) in [7, 11) is 1.22. The minimum atomic E-state index is -0.840. The van der Waals surface area contributed by atoms with Crippen molar-refractivity contribution in [3.8, 4) is 0 Å². The van der Waals surface area contributed by atoms with Gasteiger partial charge in [-0.1, -0.05) is 0 Å². The maximum absolute atomic E-state index is 11.6. The number of hydrogen-bond donors (Lipinski definition) is 0. The number of hydrogen-bond acceptors (Lipinski definition) is 6. The summed E-state index contributed by atoms with van der Waals surface area (Å²) in [4.78, 5) is 33.2. The summed E-state index contributed by atoms with van der Waals surface area (Å²) in [6.45, 7) is 5.56. The van der Waals surface area contributed by atoms with Crippen LogP contribution in [-0.2, 0) is 28.6 Å². The summed E-state index contributed by atoms with van der Waals surface area (Å²) in [5.41, 5.74) is 0. The van der Waals surface area contributed by atoms with E-state index in [0.29, 0.717) is 0 Å². The fraction of sp³-hybridized carbons (Fsp3) is 0.727. The van der Waals surface area contributed by atoms with Crippen molar-refractivity contribution in [2.75, 3.05) is 7.11 Å². The van der Waals surface area contributed by atoms with E-state index >= 15 is 0 Å². The average Bonchev–Trinajstić information content (AvgIpc) is 2.14. The number of methoxy groups -OCH3 is 1. The van der Waals surface area contributed by atoms with E-state index in [1.807, 2.05) is 0 Å². The van der Waals surface area contributed by atoms with Gasteiger partial charge in [-0.05, 0) is 13.8 Å². The topological polar surface area (TPSA) is 78.9 Å². The molecule has 6 nitrogen and oxygen atoms in total. The second-order valence-electron chi connectivity index (χ2n) is 3.68. The first-order valence-electron chi connectivity index (χ1n) is 5.21. The fourth-order valence-corrected chi connectivity index (χ4v) is 1.57. The smallest absolute Gasteiger partial charge is 0.316 e. The highest BCUT2D eigenvalue weighted by Crippen LogP contribution is 2.17. The Morgan fingerprint density at radius 1 is 0.882 bits per heavy atom. The predicted molar refractivity (Wildman–Crippen MR) is 58.0 cm³/mol. The maximum Gasteiger partial charge on any atom is 0.316 e. The highest BCUT2D eigenvalue weighted by atomic mass is 16.6. The zero-order valence-corrected chi connectivity index (χ0v) is 10.7. The third-order valence-electron chi connectivity index (χ3n) is 2.19. The normalized spacial score (nSPS) is 15.4. The van der Waals surface area contributed by atoms with Crippen LogP contribution in [0.2, 0.25) is 0 Å². The quantitative estimate of drug-likeness (QED) is 0.524. The summed E-state index contributed by atoms with van der Waals surface area (Å²) in [5, 5.41) is 0. The SMILES string of the molecule is COC(=O)C([C@H](C)OC(C)=O)[C@@H](C)OC(C)=O. The molecule has 0 rings (SSSR count). The molecule has 6 heteroatoms. The molecule has 0 aromatic carbocycles. The largest absolute Gasteiger partial charge is 0.469 e. The molecule has 0 bridgehead atoms. The molecule has 0 spiro atoms. The summed E-state index contributed by atoms with van der Waals surface area (Å²) < 4.78 is 14.4. The van der Waals surface area contributed by atoms with Crippen LogP contribution in [0.3, 0.4) is 0 Å². The van der Waals surface area contributed by atoms with Crippen molar-refractivity contribution in [3.63, 3.8) is 0 Å². The van der Waals surface area contributed by atoms with Crippen molar-refractivity contribution in [1.82, 2.24) is 0 Å². The Balaban J connectivity index is 4.79. The first kappa shape index (κ1) is 15.4. The van der Waals surface area contributed by atoms with Crippen molar-refractivity contribution in [3.05, 3.63) is 0 Å². The Labute approximate surface area is 100 Å². The average molecular weight is 246 g/mol. The molecule has 0 amide bonds. The molecule has 0 saturated heterocycles. The van der Waals surface area contributed by atoms with Gasteiger partial charge in [-0.3, -0.25) is 14.4 Å². The molecule has 0 heterocycles. The highest BCUT2D eigenvalue weighted by molar-refractivity contribution is 5.75. The van der Waals surface area contributed by atoms with E-state index in [1.165, 1.54) is 21.0 Å². The highest BCUT2D eigenvalue weighted by Gasteiger charge is 2.35. The molecule has 3 atom stereocenters. The van der Waals surface area contributed by atoms with Crippen molar-refractivity contribution >= 4 is 17.9 Å². The summed E-state index contributed by atoms with van der Waals surface area (Å²) in [6, 6.07) is 0. The van der Waals surface area contributed by atoms with Gasteiger partial charge in [-0.25, -0.2) is 0 Å². The van der Waals surface area contributed by atoms with Crippen LogP contribution in [0, 0.1) is 5.92 Å². The molecule has 0 aliphatic rings. The van der Waals surface area contributed by atoms with Crippen LogP contribution in [0.25, 0.3) is 0 Å². The van der Waals surface area contributed by atoms with Gasteiger partial charge >= 0.3 is 17.9 Å². The Kier molecular flexibility index (Phi) is 6.23. The van der Waals surface area contributed by atoms with Crippen LogP contribution >= 0.6 is 0 Å². The molecule has 0 aliphatic carbocycles. The summed E-state index contributed by atoms with van der Waals surface area (Å²) in [5.74, 6) is -2.46. The number of esters is 3.